The third-order valence-electron chi connectivity index (χ3n) is 2.36. The number of amides is 1. The van der Waals surface area contributed by atoms with Gasteiger partial charge in [-0.2, -0.15) is 5.10 Å². The summed E-state index contributed by atoms with van der Waals surface area (Å²) in [5.74, 6) is 0.504. The van der Waals surface area contributed by atoms with Crippen LogP contribution in [0.3, 0.4) is 0 Å². The zero-order chi connectivity index (χ0) is 11.9. The van der Waals surface area contributed by atoms with Gasteiger partial charge in [-0.15, -0.1) is 0 Å². The first-order valence-electron chi connectivity index (χ1n) is 5.60. The lowest BCUT2D eigenvalue weighted by molar-refractivity contribution is 0.201. The molecule has 0 unspecified atom stereocenters. The molecule has 0 heterocycles. The van der Waals surface area contributed by atoms with E-state index in [2.05, 4.69) is 10.5 Å². The van der Waals surface area contributed by atoms with E-state index in [1.54, 1.807) is 24.3 Å². The first-order chi connectivity index (χ1) is 8.34. The fourth-order valence-corrected chi connectivity index (χ4v) is 1.53. The van der Waals surface area contributed by atoms with Crippen LogP contribution in [-0.4, -0.2) is 11.8 Å². The Labute approximate surface area is 100.0 Å². The highest BCUT2D eigenvalue weighted by Crippen LogP contribution is 2.09. The van der Waals surface area contributed by atoms with Crippen LogP contribution < -0.4 is 10.2 Å². The number of rotatable bonds is 2. The van der Waals surface area contributed by atoms with Crippen LogP contribution in [0.25, 0.3) is 0 Å². The second kappa shape index (κ2) is 5.84. The van der Waals surface area contributed by atoms with E-state index in [4.69, 9.17) is 4.74 Å². The molecule has 17 heavy (non-hydrogen) atoms. The van der Waals surface area contributed by atoms with Crippen molar-refractivity contribution in [3.63, 3.8) is 0 Å². The van der Waals surface area contributed by atoms with Gasteiger partial charge < -0.3 is 4.74 Å². The Hall–Kier alpha value is -2.10. The first kappa shape index (κ1) is 11.4. The second-order valence-corrected chi connectivity index (χ2v) is 3.71. The van der Waals surface area contributed by atoms with Gasteiger partial charge in [-0.1, -0.05) is 24.3 Å². The molecule has 0 saturated carbocycles. The molecule has 0 radical (unpaired) electrons. The Morgan fingerprint density at radius 2 is 2.12 bits per heavy atom. The largest absolute Gasteiger partial charge is 0.433 e. The van der Waals surface area contributed by atoms with Crippen molar-refractivity contribution >= 4 is 11.8 Å². The number of carbonyl (C=O) groups excluding carboxylic acids is 1. The van der Waals surface area contributed by atoms with Crippen molar-refractivity contribution in [2.45, 2.75) is 19.3 Å². The van der Waals surface area contributed by atoms with Crippen molar-refractivity contribution in [2.75, 3.05) is 0 Å². The van der Waals surface area contributed by atoms with Gasteiger partial charge in [0, 0.05) is 0 Å². The molecule has 0 spiro atoms. The Morgan fingerprint density at radius 1 is 1.29 bits per heavy atom. The van der Waals surface area contributed by atoms with Crippen LogP contribution in [0.2, 0.25) is 0 Å². The molecule has 4 nitrogen and oxygen atoms in total. The smallest absolute Gasteiger partial charge is 0.409 e. The molecule has 0 fully saturated rings. The quantitative estimate of drug-likeness (QED) is 0.794. The summed E-state index contributed by atoms with van der Waals surface area (Å²) < 4.78 is 5.02. The van der Waals surface area contributed by atoms with E-state index >= 15 is 0 Å². The third-order valence-corrected chi connectivity index (χ3v) is 2.36. The summed E-state index contributed by atoms with van der Waals surface area (Å²) >= 11 is 0. The molecule has 1 N–H and O–H groups in total. The van der Waals surface area contributed by atoms with E-state index in [1.807, 2.05) is 18.2 Å². The van der Waals surface area contributed by atoms with Gasteiger partial charge in [-0.05, 0) is 37.5 Å². The predicted molar refractivity (Wildman–Crippen MR) is 66.0 cm³/mol. The lowest BCUT2D eigenvalue weighted by atomic mass is 10.1. The molecule has 2 rings (SSSR count). The highest BCUT2D eigenvalue weighted by atomic mass is 16.6. The van der Waals surface area contributed by atoms with Gasteiger partial charge in [0.05, 0.1) is 5.71 Å². The molecule has 0 bridgehead atoms. The van der Waals surface area contributed by atoms with Crippen LogP contribution in [-0.2, 0) is 0 Å². The fourth-order valence-electron chi connectivity index (χ4n) is 1.53. The lowest BCUT2D eigenvalue weighted by Gasteiger charge is -2.06. The zero-order valence-corrected chi connectivity index (χ0v) is 9.43. The van der Waals surface area contributed by atoms with E-state index in [9.17, 15) is 4.79 Å². The number of hydrogen-bond donors (Lipinski definition) is 1. The molecule has 1 aromatic carbocycles. The number of carbonyl (C=O) groups is 1. The Bertz CT molecular complexity index is 438. The summed E-state index contributed by atoms with van der Waals surface area (Å²) in [5, 5.41) is 3.98. The number of allylic oxidation sites excluding steroid dienone is 2. The number of ether oxygens (including phenoxy) is 1. The Morgan fingerprint density at radius 3 is 2.82 bits per heavy atom. The van der Waals surface area contributed by atoms with Crippen molar-refractivity contribution < 1.29 is 9.53 Å². The van der Waals surface area contributed by atoms with Gasteiger partial charge in [0.15, 0.2) is 0 Å². The van der Waals surface area contributed by atoms with E-state index in [0.717, 1.165) is 25.0 Å². The SMILES string of the molecule is O=C(N/N=C1/C=CCCC1)Oc1ccccc1. The molecular weight excluding hydrogens is 216 g/mol. The molecule has 4 heteroatoms. The maximum absolute atomic E-state index is 11.4. The number of para-hydroxylation sites is 1. The third kappa shape index (κ3) is 3.75. The van der Waals surface area contributed by atoms with Crippen LogP contribution >= 0.6 is 0 Å². The maximum Gasteiger partial charge on any atom is 0.433 e. The number of nitrogens with one attached hydrogen (secondary N) is 1. The second-order valence-electron chi connectivity index (χ2n) is 3.71. The standard InChI is InChI=1S/C13H14N2O2/c16-13(17-12-9-5-2-6-10-12)15-14-11-7-3-1-4-8-11/h2-3,5-7,9-10H,1,4,8H2,(H,15,16)/b14-11-. The Kier molecular flexibility index (Phi) is 3.91. The molecule has 0 atom stereocenters. The fraction of sp³-hybridized carbons (Fsp3) is 0.231. The summed E-state index contributed by atoms with van der Waals surface area (Å²) in [7, 11) is 0. The van der Waals surface area contributed by atoms with Crippen molar-refractivity contribution in [3.05, 3.63) is 42.5 Å². The number of benzene rings is 1. The highest BCUT2D eigenvalue weighted by Gasteiger charge is 2.04. The van der Waals surface area contributed by atoms with Crippen molar-refractivity contribution in [3.8, 4) is 5.75 Å². The first-order valence-corrected chi connectivity index (χ1v) is 5.60. The van der Waals surface area contributed by atoms with Gasteiger partial charge in [0.25, 0.3) is 0 Å². The average molecular weight is 230 g/mol. The molecule has 1 aliphatic carbocycles. The average Bonchev–Trinajstić information content (AvgIpc) is 2.39. The minimum atomic E-state index is -0.567. The Balaban J connectivity index is 1.85. The van der Waals surface area contributed by atoms with Gasteiger partial charge >= 0.3 is 6.09 Å². The predicted octanol–water partition coefficient (Wildman–Crippen LogP) is 2.87. The minimum absolute atomic E-state index is 0.504. The summed E-state index contributed by atoms with van der Waals surface area (Å²) in [6.45, 7) is 0. The molecule has 1 aliphatic rings. The van der Waals surface area contributed by atoms with Crippen LogP contribution in [0.5, 0.6) is 5.75 Å². The summed E-state index contributed by atoms with van der Waals surface area (Å²) in [5.41, 5.74) is 3.25. The van der Waals surface area contributed by atoms with Crippen molar-refractivity contribution in [1.29, 1.82) is 0 Å². The molecule has 0 aromatic heterocycles. The maximum atomic E-state index is 11.4. The van der Waals surface area contributed by atoms with Gasteiger partial charge in [-0.25, -0.2) is 10.2 Å². The molecule has 0 saturated heterocycles. The van der Waals surface area contributed by atoms with Gasteiger partial charge in [0.1, 0.15) is 5.75 Å². The van der Waals surface area contributed by atoms with Crippen LogP contribution in [0.4, 0.5) is 4.79 Å². The van der Waals surface area contributed by atoms with Crippen LogP contribution in [0.1, 0.15) is 19.3 Å². The topological polar surface area (TPSA) is 50.7 Å². The van der Waals surface area contributed by atoms with Crippen molar-refractivity contribution in [1.82, 2.24) is 5.43 Å². The highest BCUT2D eigenvalue weighted by molar-refractivity contribution is 5.96. The van der Waals surface area contributed by atoms with E-state index in [-0.39, 0.29) is 0 Å². The van der Waals surface area contributed by atoms with Crippen LogP contribution in [0, 0.1) is 0 Å². The monoisotopic (exact) mass is 230 g/mol. The molecule has 0 aliphatic heterocycles. The normalized spacial score (nSPS) is 16.8. The van der Waals surface area contributed by atoms with Gasteiger partial charge in [-0.3, -0.25) is 0 Å². The van der Waals surface area contributed by atoms with Gasteiger partial charge in [0.2, 0.25) is 0 Å². The number of hydrogen-bond acceptors (Lipinski definition) is 3. The zero-order valence-electron chi connectivity index (χ0n) is 9.43. The lowest BCUT2D eigenvalue weighted by Crippen LogP contribution is -2.23. The minimum Gasteiger partial charge on any atom is -0.409 e. The van der Waals surface area contributed by atoms with E-state index in [1.165, 1.54) is 0 Å². The molecule has 1 amide bonds. The van der Waals surface area contributed by atoms with Crippen LogP contribution in [0.15, 0.2) is 47.6 Å². The molecular formula is C13H14N2O2. The molecule has 1 aromatic rings. The summed E-state index contributed by atoms with van der Waals surface area (Å²) in [6.07, 6.45) is 6.45. The number of hydrazone groups is 1. The van der Waals surface area contributed by atoms with Crippen molar-refractivity contribution in [2.24, 2.45) is 5.10 Å². The molecule has 88 valence electrons. The number of nitrogens with zero attached hydrogens (tertiary/aromatic N) is 1. The van der Waals surface area contributed by atoms with E-state index in [0.29, 0.717) is 5.75 Å². The summed E-state index contributed by atoms with van der Waals surface area (Å²) in [4.78, 5) is 11.4. The summed E-state index contributed by atoms with van der Waals surface area (Å²) in [6, 6.07) is 8.90. The van der Waals surface area contributed by atoms with E-state index < -0.39 is 6.09 Å².